The minimum absolute atomic E-state index is 0.0726. The van der Waals surface area contributed by atoms with Gasteiger partial charge in [0, 0.05) is 25.4 Å². The van der Waals surface area contributed by atoms with Crippen LogP contribution in [0.2, 0.25) is 0 Å². The number of nitrogens with one attached hydrogen (secondary N) is 2. The molecular formula is C14H18F2N2O. The van der Waals surface area contributed by atoms with E-state index in [2.05, 4.69) is 10.6 Å². The molecule has 1 fully saturated rings. The molecule has 1 aliphatic carbocycles. The van der Waals surface area contributed by atoms with Crippen molar-refractivity contribution in [1.82, 2.24) is 10.6 Å². The lowest BCUT2D eigenvalue weighted by atomic mass is 9.92. The number of alkyl halides is 2. The summed E-state index contributed by atoms with van der Waals surface area (Å²) < 4.78 is 26.4. The lowest BCUT2D eigenvalue weighted by Gasteiger charge is -2.29. The Balaban J connectivity index is 1.75. The topological polar surface area (TPSA) is 41.1 Å². The van der Waals surface area contributed by atoms with Crippen LogP contribution in [-0.2, 0) is 6.54 Å². The van der Waals surface area contributed by atoms with Crippen molar-refractivity contribution in [2.75, 3.05) is 0 Å². The fraction of sp³-hybridized carbons (Fsp3) is 0.500. The van der Waals surface area contributed by atoms with Gasteiger partial charge in [-0.3, -0.25) is 0 Å². The molecule has 1 aromatic rings. The maximum atomic E-state index is 13.2. The Hall–Kier alpha value is -1.65. The highest BCUT2D eigenvalue weighted by Gasteiger charge is 2.36. The zero-order valence-electron chi connectivity index (χ0n) is 10.7. The highest BCUT2D eigenvalue weighted by atomic mass is 19.3. The van der Waals surface area contributed by atoms with Gasteiger partial charge in [0.15, 0.2) is 0 Å². The summed E-state index contributed by atoms with van der Waals surface area (Å²) in [5.74, 6) is -2.64. The molecule has 3 nitrogen and oxygen atoms in total. The number of hydrogen-bond acceptors (Lipinski definition) is 1. The number of hydrogen-bond donors (Lipinski definition) is 2. The van der Waals surface area contributed by atoms with Crippen LogP contribution in [0.4, 0.5) is 13.6 Å². The number of carbonyl (C=O) groups excluding carboxylic acids is 1. The molecule has 2 rings (SSSR count). The van der Waals surface area contributed by atoms with Crippen molar-refractivity contribution in [1.29, 1.82) is 0 Å². The summed E-state index contributed by atoms with van der Waals surface area (Å²) in [4.78, 5) is 11.6. The van der Waals surface area contributed by atoms with Crippen molar-refractivity contribution < 1.29 is 13.6 Å². The van der Waals surface area contributed by atoms with Crippen LogP contribution >= 0.6 is 0 Å². The van der Waals surface area contributed by atoms with Crippen LogP contribution < -0.4 is 10.6 Å². The predicted molar refractivity (Wildman–Crippen MR) is 69.0 cm³/mol. The number of benzene rings is 1. The van der Waals surface area contributed by atoms with Gasteiger partial charge in [-0.25, -0.2) is 13.6 Å². The highest BCUT2D eigenvalue weighted by molar-refractivity contribution is 5.74. The van der Waals surface area contributed by atoms with Crippen LogP contribution in [0, 0.1) is 0 Å². The number of amides is 2. The molecule has 2 amide bonds. The van der Waals surface area contributed by atoms with Crippen molar-refractivity contribution in [2.45, 2.75) is 44.2 Å². The number of halogens is 2. The molecule has 1 aliphatic rings. The second-order valence-corrected chi connectivity index (χ2v) is 4.96. The monoisotopic (exact) mass is 268 g/mol. The lowest BCUT2D eigenvalue weighted by molar-refractivity contribution is -0.0425. The predicted octanol–water partition coefficient (Wildman–Crippen LogP) is 3.06. The van der Waals surface area contributed by atoms with E-state index in [1.54, 1.807) is 0 Å². The van der Waals surface area contributed by atoms with E-state index in [1.165, 1.54) is 0 Å². The zero-order chi connectivity index (χ0) is 13.7. The summed E-state index contributed by atoms with van der Waals surface area (Å²) in [6.45, 7) is 0.399. The zero-order valence-corrected chi connectivity index (χ0v) is 10.7. The SMILES string of the molecule is O=C(NCc1ccccc1)NC1CCCC(F)(F)C1. The second kappa shape index (κ2) is 5.99. The Morgan fingerprint density at radius 1 is 1.32 bits per heavy atom. The minimum Gasteiger partial charge on any atom is -0.335 e. The molecule has 0 aromatic heterocycles. The van der Waals surface area contributed by atoms with Gasteiger partial charge < -0.3 is 10.6 Å². The number of urea groups is 1. The van der Waals surface area contributed by atoms with Crippen LogP contribution in [0.3, 0.4) is 0 Å². The minimum atomic E-state index is -2.64. The third-order valence-electron chi connectivity index (χ3n) is 3.27. The maximum absolute atomic E-state index is 13.2. The summed E-state index contributed by atoms with van der Waals surface area (Å²) in [5, 5.41) is 5.29. The Morgan fingerprint density at radius 3 is 2.74 bits per heavy atom. The normalized spacial score (nSPS) is 21.7. The quantitative estimate of drug-likeness (QED) is 0.869. The first-order chi connectivity index (χ1) is 9.05. The van der Waals surface area contributed by atoms with E-state index in [1.807, 2.05) is 30.3 Å². The fourth-order valence-corrected chi connectivity index (χ4v) is 2.31. The molecule has 0 bridgehead atoms. The van der Waals surface area contributed by atoms with E-state index in [9.17, 15) is 13.6 Å². The molecule has 1 atom stereocenters. The van der Waals surface area contributed by atoms with Gasteiger partial charge in [0.1, 0.15) is 0 Å². The van der Waals surface area contributed by atoms with Gasteiger partial charge in [0.2, 0.25) is 5.92 Å². The van der Waals surface area contributed by atoms with E-state index in [0.717, 1.165) is 5.56 Å². The first kappa shape index (κ1) is 13.8. The second-order valence-electron chi connectivity index (χ2n) is 4.96. The van der Waals surface area contributed by atoms with E-state index in [-0.39, 0.29) is 18.9 Å². The van der Waals surface area contributed by atoms with Crippen molar-refractivity contribution in [3.05, 3.63) is 35.9 Å². The Labute approximate surface area is 111 Å². The van der Waals surface area contributed by atoms with Crippen LogP contribution in [-0.4, -0.2) is 18.0 Å². The molecular weight excluding hydrogens is 250 g/mol. The van der Waals surface area contributed by atoms with E-state index in [0.29, 0.717) is 19.4 Å². The van der Waals surface area contributed by atoms with E-state index in [4.69, 9.17) is 0 Å². The fourth-order valence-electron chi connectivity index (χ4n) is 2.31. The lowest BCUT2D eigenvalue weighted by Crippen LogP contribution is -2.46. The largest absolute Gasteiger partial charge is 0.335 e. The van der Waals surface area contributed by atoms with Gasteiger partial charge in [0.25, 0.3) is 0 Å². The van der Waals surface area contributed by atoms with Gasteiger partial charge in [-0.2, -0.15) is 0 Å². The summed E-state index contributed by atoms with van der Waals surface area (Å²) >= 11 is 0. The molecule has 0 saturated heterocycles. The first-order valence-corrected chi connectivity index (χ1v) is 6.51. The van der Waals surface area contributed by atoms with Gasteiger partial charge in [0.05, 0.1) is 0 Å². The van der Waals surface area contributed by atoms with Crippen LogP contribution in [0.1, 0.15) is 31.2 Å². The number of rotatable bonds is 3. The first-order valence-electron chi connectivity index (χ1n) is 6.51. The van der Waals surface area contributed by atoms with Gasteiger partial charge in [-0.1, -0.05) is 30.3 Å². The van der Waals surface area contributed by atoms with Crippen LogP contribution in [0.25, 0.3) is 0 Å². The van der Waals surface area contributed by atoms with Crippen molar-refractivity contribution in [2.24, 2.45) is 0 Å². The van der Waals surface area contributed by atoms with E-state index >= 15 is 0 Å². The third kappa shape index (κ3) is 4.50. The van der Waals surface area contributed by atoms with Gasteiger partial charge in [-0.15, -0.1) is 0 Å². The van der Waals surface area contributed by atoms with Crippen molar-refractivity contribution in [3.63, 3.8) is 0 Å². The Kier molecular flexibility index (Phi) is 4.35. The Morgan fingerprint density at radius 2 is 2.05 bits per heavy atom. The van der Waals surface area contributed by atoms with Crippen LogP contribution in [0.15, 0.2) is 30.3 Å². The van der Waals surface area contributed by atoms with Gasteiger partial charge >= 0.3 is 6.03 Å². The summed E-state index contributed by atoms with van der Waals surface area (Å²) in [7, 11) is 0. The summed E-state index contributed by atoms with van der Waals surface area (Å²) in [6.07, 6.45) is 0.744. The molecule has 0 heterocycles. The van der Waals surface area contributed by atoms with Crippen molar-refractivity contribution in [3.8, 4) is 0 Å². The summed E-state index contributed by atoms with van der Waals surface area (Å²) in [6, 6.07) is 8.65. The molecule has 2 N–H and O–H groups in total. The molecule has 1 saturated carbocycles. The molecule has 5 heteroatoms. The molecule has 19 heavy (non-hydrogen) atoms. The molecule has 1 aromatic carbocycles. The standard InChI is InChI=1S/C14H18F2N2O/c15-14(16)8-4-7-12(9-14)18-13(19)17-10-11-5-2-1-3-6-11/h1-3,5-6,12H,4,7-10H2,(H2,17,18,19). The number of carbonyl (C=O) groups is 1. The molecule has 104 valence electrons. The molecule has 0 aliphatic heterocycles. The highest BCUT2D eigenvalue weighted by Crippen LogP contribution is 2.32. The van der Waals surface area contributed by atoms with Crippen LogP contribution in [0.5, 0.6) is 0 Å². The van der Waals surface area contributed by atoms with Crippen molar-refractivity contribution >= 4 is 6.03 Å². The average molecular weight is 268 g/mol. The molecule has 0 radical (unpaired) electrons. The summed E-state index contributed by atoms with van der Waals surface area (Å²) in [5.41, 5.74) is 0.978. The Bertz CT molecular complexity index is 423. The van der Waals surface area contributed by atoms with E-state index < -0.39 is 12.0 Å². The maximum Gasteiger partial charge on any atom is 0.315 e. The molecule has 0 spiro atoms. The molecule has 1 unspecified atom stereocenters. The average Bonchev–Trinajstić information content (AvgIpc) is 2.36. The smallest absolute Gasteiger partial charge is 0.315 e. The van der Waals surface area contributed by atoms with Gasteiger partial charge in [-0.05, 0) is 18.4 Å². The third-order valence-corrected chi connectivity index (χ3v) is 3.27.